The highest BCUT2D eigenvalue weighted by molar-refractivity contribution is 5.82. The minimum absolute atomic E-state index is 0.325. The van der Waals surface area contributed by atoms with Crippen LogP contribution in [0.3, 0.4) is 0 Å². The second-order valence-corrected chi connectivity index (χ2v) is 8.08. The van der Waals surface area contributed by atoms with Crippen LogP contribution in [0.15, 0.2) is 40.9 Å². The maximum absolute atomic E-state index is 12.2. The van der Waals surface area contributed by atoms with Crippen molar-refractivity contribution < 1.29 is 9.21 Å². The number of furan rings is 1. The van der Waals surface area contributed by atoms with Crippen LogP contribution in [-0.2, 0) is 18.4 Å². The summed E-state index contributed by atoms with van der Waals surface area (Å²) in [5, 5.41) is 9.39. The van der Waals surface area contributed by atoms with E-state index in [0.29, 0.717) is 17.9 Å². The molecule has 3 heterocycles. The van der Waals surface area contributed by atoms with E-state index >= 15 is 0 Å². The van der Waals surface area contributed by atoms with Gasteiger partial charge in [0.2, 0.25) is 5.91 Å². The van der Waals surface area contributed by atoms with Crippen molar-refractivity contribution >= 4 is 16.9 Å². The lowest BCUT2D eigenvalue weighted by Gasteiger charge is -2.32. The molecule has 6 heteroatoms. The van der Waals surface area contributed by atoms with Crippen molar-refractivity contribution in [1.29, 1.82) is 0 Å². The molecule has 1 aliphatic carbocycles. The summed E-state index contributed by atoms with van der Waals surface area (Å²) in [5.41, 5.74) is 2.92. The van der Waals surface area contributed by atoms with Gasteiger partial charge in [-0.25, -0.2) is 0 Å². The van der Waals surface area contributed by atoms with Crippen LogP contribution in [0.4, 0.5) is 0 Å². The number of carbonyl (C=O) groups excluding carboxylic acids is 1. The Morgan fingerprint density at radius 2 is 2.00 bits per heavy atom. The van der Waals surface area contributed by atoms with Crippen molar-refractivity contribution in [2.75, 3.05) is 13.1 Å². The minimum atomic E-state index is 0.325. The average molecular weight is 378 g/mol. The Bertz CT molecular complexity index is 960. The van der Waals surface area contributed by atoms with Gasteiger partial charge in [0, 0.05) is 55.8 Å². The summed E-state index contributed by atoms with van der Waals surface area (Å²) in [7, 11) is 1.94. The molecule has 0 bridgehead atoms. The molecule has 2 aromatic heterocycles. The Morgan fingerprint density at radius 3 is 2.75 bits per heavy atom. The smallest absolute Gasteiger partial charge is 0.225 e. The van der Waals surface area contributed by atoms with Crippen molar-refractivity contribution in [2.24, 2.45) is 13.0 Å². The molecular weight excluding hydrogens is 352 g/mol. The first-order valence-electron chi connectivity index (χ1n) is 10.2. The predicted molar refractivity (Wildman–Crippen MR) is 108 cm³/mol. The van der Waals surface area contributed by atoms with E-state index < -0.39 is 0 Å². The zero-order valence-corrected chi connectivity index (χ0v) is 16.2. The highest BCUT2D eigenvalue weighted by atomic mass is 16.3. The molecular formula is C22H26N4O2. The van der Waals surface area contributed by atoms with E-state index in [2.05, 4.69) is 33.6 Å². The summed E-state index contributed by atoms with van der Waals surface area (Å²) in [5.74, 6) is 1.51. The lowest BCUT2D eigenvalue weighted by Crippen LogP contribution is -2.45. The van der Waals surface area contributed by atoms with E-state index in [1.54, 1.807) is 0 Å². The Kier molecular flexibility index (Phi) is 4.43. The number of carbonyl (C=O) groups is 1. The molecule has 0 spiro atoms. The third kappa shape index (κ3) is 3.44. The van der Waals surface area contributed by atoms with Crippen LogP contribution < -0.4 is 5.32 Å². The van der Waals surface area contributed by atoms with E-state index in [1.807, 2.05) is 29.9 Å². The molecule has 1 aromatic carbocycles. The maximum Gasteiger partial charge on any atom is 0.225 e. The highest BCUT2D eigenvalue weighted by Gasteiger charge is 2.34. The molecule has 3 aromatic rings. The van der Waals surface area contributed by atoms with E-state index in [9.17, 15) is 4.79 Å². The minimum Gasteiger partial charge on any atom is -0.454 e. The molecule has 6 nitrogen and oxygen atoms in total. The van der Waals surface area contributed by atoms with Crippen molar-refractivity contribution in [3.63, 3.8) is 0 Å². The third-order valence-corrected chi connectivity index (χ3v) is 5.88. The number of nitrogens with zero attached hydrogens (tertiary/aromatic N) is 3. The first kappa shape index (κ1) is 17.5. The zero-order valence-electron chi connectivity index (χ0n) is 16.2. The molecule has 0 unspecified atom stereocenters. The van der Waals surface area contributed by atoms with Crippen LogP contribution in [0.1, 0.15) is 31.2 Å². The van der Waals surface area contributed by atoms with Gasteiger partial charge in [0.1, 0.15) is 11.3 Å². The van der Waals surface area contributed by atoms with E-state index in [-0.39, 0.29) is 0 Å². The molecule has 1 saturated carbocycles. The molecule has 0 radical (unpaired) electrons. The lowest BCUT2D eigenvalue weighted by molar-refractivity contribution is -0.133. The summed E-state index contributed by atoms with van der Waals surface area (Å²) in [6.45, 7) is 2.49. The second-order valence-electron chi connectivity index (χ2n) is 8.08. The van der Waals surface area contributed by atoms with Gasteiger partial charge < -0.3 is 14.6 Å². The number of likely N-dealkylation sites (tertiary alicyclic amines) is 1. The molecule has 1 amide bonds. The first-order valence-corrected chi connectivity index (χ1v) is 10.2. The molecule has 146 valence electrons. The molecule has 1 N–H and O–H groups in total. The average Bonchev–Trinajstić information content (AvgIpc) is 3.37. The van der Waals surface area contributed by atoms with Gasteiger partial charge in [-0.3, -0.25) is 9.48 Å². The van der Waals surface area contributed by atoms with Crippen LogP contribution in [-0.4, -0.2) is 39.7 Å². The molecule has 0 atom stereocenters. The number of piperidine rings is 1. The van der Waals surface area contributed by atoms with Crippen LogP contribution in [0.5, 0.6) is 0 Å². The largest absolute Gasteiger partial charge is 0.454 e. The number of aromatic nitrogens is 2. The summed E-state index contributed by atoms with van der Waals surface area (Å²) in [4.78, 5) is 14.3. The van der Waals surface area contributed by atoms with Crippen LogP contribution in [0.2, 0.25) is 0 Å². The van der Waals surface area contributed by atoms with Gasteiger partial charge in [-0.15, -0.1) is 0 Å². The standard InChI is InChI=1S/C22H26N4O2/c1-25-14-17(21(24-25)20-12-16-4-2-3-5-19(16)28-20)13-23-18-8-10-26(11-9-18)22(27)15-6-7-15/h2-5,12,14-15,18,23H,6-11,13H2,1H3. The molecule has 2 fully saturated rings. The predicted octanol–water partition coefficient (Wildman–Crippen LogP) is 3.32. The van der Waals surface area contributed by atoms with E-state index in [4.69, 9.17) is 4.42 Å². The van der Waals surface area contributed by atoms with Gasteiger partial charge >= 0.3 is 0 Å². The quantitative estimate of drug-likeness (QED) is 0.740. The highest BCUT2D eigenvalue weighted by Crippen LogP contribution is 2.32. The Labute approximate surface area is 164 Å². The third-order valence-electron chi connectivity index (χ3n) is 5.88. The van der Waals surface area contributed by atoms with Crippen LogP contribution in [0.25, 0.3) is 22.4 Å². The number of para-hydroxylation sites is 1. The lowest BCUT2D eigenvalue weighted by atomic mass is 10.0. The first-order chi connectivity index (χ1) is 13.7. The summed E-state index contributed by atoms with van der Waals surface area (Å²) >= 11 is 0. The number of amides is 1. The number of hydrogen-bond acceptors (Lipinski definition) is 4. The number of fused-ring (bicyclic) bond motifs is 1. The molecule has 1 saturated heterocycles. The number of hydrogen-bond donors (Lipinski definition) is 1. The van der Waals surface area contributed by atoms with Gasteiger partial charge in [-0.2, -0.15) is 5.10 Å². The van der Waals surface area contributed by atoms with Gasteiger partial charge in [-0.05, 0) is 37.8 Å². The second kappa shape index (κ2) is 7.09. The fourth-order valence-corrected chi connectivity index (χ4v) is 4.12. The van der Waals surface area contributed by atoms with Crippen molar-refractivity contribution in [3.8, 4) is 11.5 Å². The SMILES string of the molecule is Cn1cc(CNC2CCN(C(=O)C3CC3)CC2)c(-c2cc3ccccc3o2)n1. The fourth-order valence-electron chi connectivity index (χ4n) is 4.12. The summed E-state index contributed by atoms with van der Waals surface area (Å²) in [6.07, 6.45) is 6.25. The number of aryl methyl sites for hydroxylation is 1. The Morgan fingerprint density at radius 1 is 1.21 bits per heavy atom. The maximum atomic E-state index is 12.2. The topological polar surface area (TPSA) is 63.3 Å². The number of benzene rings is 1. The summed E-state index contributed by atoms with van der Waals surface area (Å²) in [6, 6.07) is 10.5. The van der Waals surface area contributed by atoms with Crippen molar-refractivity contribution in [3.05, 3.63) is 42.1 Å². The fraction of sp³-hybridized carbons (Fsp3) is 0.455. The number of nitrogens with one attached hydrogen (secondary N) is 1. The Hall–Kier alpha value is -2.60. The normalized spacial score (nSPS) is 18.1. The molecule has 28 heavy (non-hydrogen) atoms. The van der Waals surface area contributed by atoms with Crippen molar-refractivity contribution in [2.45, 2.75) is 38.3 Å². The van der Waals surface area contributed by atoms with E-state index in [0.717, 1.165) is 73.3 Å². The molecule has 2 aliphatic rings. The molecule has 1 aliphatic heterocycles. The van der Waals surface area contributed by atoms with Gasteiger partial charge in [0.05, 0.1) is 0 Å². The van der Waals surface area contributed by atoms with Gasteiger partial charge in [0.25, 0.3) is 0 Å². The summed E-state index contributed by atoms with van der Waals surface area (Å²) < 4.78 is 7.86. The van der Waals surface area contributed by atoms with Crippen molar-refractivity contribution in [1.82, 2.24) is 20.0 Å². The van der Waals surface area contributed by atoms with E-state index in [1.165, 1.54) is 0 Å². The van der Waals surface area contributed by atoms with Crippen LogP contribution >= 0.6 is 0 Å². The van der Waals surface area contributed by atoms with Gasteiger partial charge in [0.15, 0.2) is 5.76 Å². The van der Waals surface area contributed by atoms with Gasteiger partial charge in [-0.1, -0.05) is 18.2 Å². The zero-order chi connectivity index (χ0) is 19.1. The Balaban J connectivity index is 1.24. The van der Waals surface area contributed by atoms with Crippen LogP contribution in [0, 0.1) is 5.92 Å². The number of rotatable bonds is 5. The molecule has 5 rings (SSSR count). The monoisotopic (exact) mass is 378 g/mol.